The molecule has 6 nitrogen and oxygen atoms in total. The zero-order valence-corrected chi connectivity index (χ0v) is 13.3. The van der Waals surface area contributed by atoms with E-state index in [4.69, 9.17) is 15.2 Å². The summed E-state index contributed by atoms with van der Waals surface area (Å²) in [5, 5.41) is 2.83. The molecule has 0 saturated carbocycles. The Morgan fingerprint density at radius 3 is 2.36 bits per heavy atom. The highest BCUT2D eigenvalue weighted by molar-refractivity contribution is 5.97. The van der Waals surface area contributed by atoms with Gasteiger partial charge in [-0.3, -0.25) is 9.59 Å². The van der Waals surface area contributed by atoms with E-state index in [1.165, 1.54) is 0 Å². The molecule has 1 aromatic rings. The molecule has 0 spiro atoms. The van der Waals surface area contributed by atoms with Crippen molar-refractivity contribution in [3.63, 3.8) is 0 Å². The number of primary amides is 1. The molecule has 0 radical (unpaired) electrons. The predicted octanol–water partition coefficient (Wildman–Crippen LogP) is 2.08. The van der Waals surface area contributed by atoms with Gasteiger partial charge in [-0.2, -0.15) is 0 Å². The highest BCUT2D eigenvalue weighted by atomic mass is 16.5. The summed E-state index contributed by atoms with van der Waals surface area (Å²) in [6.07, 6.45) is 1.50. The molecule has 0 aliphatic heterocycles. The van der Waals surface area contributed by atoms with Gasteiger partial charge in [-0.15, -0.1) is 0 Å². The summed E-state index contributed by atoms with van der Waals surface area (Å²) in [7, 11) is 0. The number of amides is 2. The molecule has 1 rings (SSSR count). The van der Waals surface area contributed by atoms with Crippen molar-refractivity contribution in [2.45, 2.75) is 39.2 Å². The minimum Gasteiger partial charge on any atom is -0.484 e. The third-order valence-electron chi connectivity index (χ3n) is 3.16. The summed E-state index contributed by atoms with van der Waals surface area (Å²) in [6, 6.07) is 6.73. The first-order valence-corrected chi connectivity index (χ1v) is 7.38. The third kappa shape index (κ3) is 5.37. The van der Waals surface area contributed by atoms with Crippen LogP contribution in [0.15, 0.2) is 24.3 Å². The van der Waals surface area contributed by atoms with Crippen LogP contribution < -0.4 is 15.8 Å². The Bertz CT molecular complexity index is 493. The number of ether oxygens (including phenoxy) is 2. The Hall–Kier alpha value is -2.08. The molecule has 3 N–H and O–H groups in total. The van der Waals surface area contributed by atoms with Crippen LogP contribution in [-0.4, -0.2) is 30.6 Å². The first-order valence-electron chi connectivity index (χ1n) is 7.38. The van der Waals surface area contributed by atoms with Crippen LogP contribution in [0, 0.1) is 0 Å². The maximum absolute atomic E-state index is 12.4. The van der Waals surface area contributed by atoms with Crippen molar-refractivity contribution in [3.8, 4) is 5.75 Å². The van der Waals surface area contributed by atoms with Gasteiger partial charge < -0.3 is 20.5 Å². The van der Waals surface area contributed by atoms with Crippen molar-refractivity contribution in [2.75, 3.05) is 18.5 Å². The molecular formula is C16H24N2O4. The van der Waals surface area contributed by atoms with E-state index in [0.717, 1.165) is 6.42 Å². The summed E-state index contributed by atoms with van der Waals surface area (Å²) < 4.78 is 10.8. The standard InChI is InChI=1S/C16H24N2O4/c1-4-10-16(3,22-5-2)15(20)18-12-6-8-13(9-7-12)21-11-14(17)19/h6-9H,4-5,10-11H2,1-3H3,(H2,17,19)(H,18,20)/t16-/m0/s1. The van der Waals surface area contributed by atoms with Crippen molar-refractivity contribution in [1.82, 2.24) is 0 Å². The lowest BCUT2D eigenvalue weighted by Crippen LogP contribution is -2.42. The van der Waals surface area contributed by atoms with Gasteiger partial charge in [-0.05, 0) is 44.5 Å². The molecule has 0 fully saturated rings. The van der Waals surface area contributed by atoms with E-state index >= 15 is 0 Å². The first kappa shape index (κ1) is 18.0. The number of benzene rings is 1. The van der Waals surface area contributed by atoms with Gasteiger partial charge in [0.25, 0.3) is 11.8 Å². The van der Waals surface area contributed by atoms with Gasteiger partial charge in [-0.25, -0.2) is 0 Å². The van der Waals surface area contributed by atoms with Crippen LogP contribution >= 0.6 is 0 Å². The van der Waals surface area contributed by atoms with Gasteiger partial charge in [0, 0.05) is 12.3 Å². The molecule has 0 aliphatic carbocycles. The molecule has 0 bridgehead atoms. The third-order valence-corrected chi connectivity index (χ3v) is 3.16. The maximum atomic E-state index is 12.4. The number of carbonyl (C=O) groups is 2. The topological polar surface area (TPSA) is 90.7 Å². The minimum atomic E-state index is -0.843. The van der Waals surface area contributed by atoms with Crippen LogP contribution in [0.4, 0.5) is 5.69 Å². The van der Waals surface area contributed by atoms with E-state index in [1.807, 2.05) is 13.8 Å². The fourth-order valence-electron chi connectivity index (χ4n) is 2.10. The second-order valence-electron chi connectivity index (χ2n) is 5.15. The van der Waals surface area contributed by atoms with E-state index in [9.17, 15) is 9.59 Å². The number of nitrogens with two attached hydrogens (primary N) is 1. The normalized spacial score (nSPS) is 13.2. The summed E-state index contributed by atoms with van der Waals surface area (Å²) in [4.78, 5) is 23.0. The lowest BCUT2D eigenvalue weighted by Gasteiger charge is -2.27. The second-order valence-corrected chi connectivity index (χ2v) is 5.15. The number of nitrogens with one attached hydrogen (secondary N) is 1. The van der Waals surface area contributed by atoms with Crippen molar-refractivity contribution in [1.29, 1.82) is 0 Å². The molecule has 0 unspecified atom stereocenters. The Kier molecular flexibility index (Phi) is 6.85. The van der Waals surface area contributed by atoms with E-state index in [0.29, 0.717) is 24.5 Å². The highest BCUT2D eigenvalue weighted by Crippen LogP contribution is 2.22. The quantitative estimate of drug-likeness (QED) is 0.731. The molecule has 1 atom stereocenters. The number of carbonyl (C=O) groups excluding carboxylic acids is 2. The van der Waals surface area contributed by atoms with Crippen molar-refractivity contribution >= 4 is 17.5 Å². The van der Waals surface area contributed by atoms with Crippen LogP contribution in [-0.2, 0) is 14.3 Å². The smallest absolute Gasteiger partial charge is 0.256 e. The number of anilines is 1. The van der Waals surface area contributed by atoms with Gasteiger partial charge in [0.05, 0.1) is 0 Å². The maximum Gasteiger partial charge on any atom is 0.256 e. The average molecular weight is 308 g/mol. The molecule has 0 heterocycles. The Balaban J connectivity index is 2.68. The van der Waals surface area contributed by atoms with E-state index in [2.05, 4.69) is 5.32 Å². The van der Waals surface area contributed by atoms with E-state index in [-0.39, 0.29) is 12.5 Å². The zero-order chi connectivity index (χ0) is 16.6. The molecule has 0 saturated heterocycles. The first-order chi connectivity index (χ1) is 10.4. The van der Waals surface area contributed by atoms with Crippen LogP contribution in [0.25, 0.3) is 0 Å². The fourth-order valence-corrected chi connectivity index (χ4v) is 2.10. The summed E-state index contributed by atoms with van der Waals surface area (Å²) >= 11 is 0. The van der Waals surface area contributed by atoms with Crippen molar-refractivity contribution < 1.29 is 19.1 Å². The molecule has 6 heteroatoms. The Morgan fingerprint density at radius 1 is 1.23 bits per heavy atom. The molecule has 2 amide bonds. The lowest BCUT2D eigenvalue weighted by atomic mass is 9.99. The molecular weight excluding hydrogens is 284 g/mol. The SMILES string of the molecule is CCC[C@](C)(OCC)C(=O)Nc1ccc(OCC(N)=O)cc1. The van der Waals surface area contributed by atoms with Gasteiger partial charge in [0.2, 0.25) is 0 Å². The van der Waals surface area contributed by atoms with Gasteiger partial charge in [0.1, 0.15) is 11.4 Å². The number of hydrogen-bond donors (Lipinski definition) is 2. The van der Waals surface area contributed by atoms with Gasteiger partial charge in [-0.1, -0.05) is 13.3 Å². The largest absolute Gasteiger partial charge is 0.484 e. The van der Waals surface area contributed by atoms with E-state index in [1.54, 1.807) is 31.2 Å². The van der Waals surface area contributed by atoms with Gasteiger partial charge in [0.15, 0.2) is 6.61 Å². The van der Waals surface area contributed by atoms with Crippen molar-refractivity contribution in [2.24, 2.45) is 5.73 Å². The van der Waals surface area contributed by atoms with Crippen LogP contribution in [0.3, 0.4) is 0 Å². The molecule has 22 heavy (non-hydrogen) atoms. The average Bonchev–Trinajstić information content (AvgIpc) is 2.47. The molecule has 0 aliphatic rings. The highest BCUT2D eigenvalue weighted by Gasteiger charge is 2.32. The number of rotatable bonds is 9. The van der Waals surface area contributed by atoms with Crippen LogP contribution in [0.2, 0.25) is 0 Å². The van der Waals surface area contributed by atoms with E-state index < -0.39 is 11.5 Å². The fraction of sp³-hybridized carbons (Fsp3) is 0.500. The zero-order valence-electron chi connectivity index (χ0n) is 13.3. The molecule has 0 aromatic heterocycles. The summed E-state index contributed by atoms with van der Waals surface area (Å²) in [5.74, 6) is -0.204. The lowest BCUT2D eigenvalue weighted by molar-refractivity contribution is -0.139. The Morgan fingerprint density at radius 2 is 1.86 bits per heavy atom. The molecule has 122 valence electrons. The van der Waals surface area contributed by atoms with Gasteiger partial charge >= 0.3 is 0 Å². The monoisotopic (exact) mass is 308 g/mol. The summed E-state index contributed by atoms with van der Waals surface area (Å²) in [5.41, 5.74) is 4.80. The number of hydrogen-bond acceptors (Lipinski definition) is 4. The van der Waals surface area contributed by atoms with Crippen LogP contribution in [0.5, 0.6) is 5.75 Å². The predicted molar refractivity (Wildman–Crippen MR) is 84.7 cm³/mol. The summed E-state index contributed by atoms with van der Waals surface area (Å²) in [6.45, 7) is 5.97. The molecule has 1 aromatic carbocycles. The second kappa shape index (κ2) is 8.38. The van der Waals surface area contributed by atoms with Crippen molar-refractivity contribution in [3.05, 3.63) is 24.3 Å². The van der Waals surface area contributed by atoms with Crippen LogP contribution in [0.1, 0.15) is 33.6 Å². The minimum absolute atomic E-state index is 0.176. The Labute approximate surface area is 131 Å².